The molecule has 0 aromatic heterocycles. The van der Waals surface area contributed by atoms with E-state index in [1.165, 1.54) is 27.8 Å². The molecule has 0 bridgehead atoms. The SMILES string of the molecule is CCNC(Cc1cc(C)ccc1C)c1ccc(C)cc1Cl. The minimum atomic E-state index is 0.253. The van der Waals surface area contributed by atoms with Gasteiger partial charge in [0.25, 0.3) is 0 Å². The average molecular weight is 302 g/mol. The highest BCUT2D eigenvalue weighted by Gasteiger charge is 2.15. The Morgan fingerprint density at radius 3 is 2.33 bits per heavy atom. The van der Waals surface area contributed by atoms with Crippen molar-refractivity contribution in [3.8, 4) is 0 Å². The second-order valence-electron chi connectivity index (χ2n) is 5.77. The molecule has 0 saturated heterocycles. The quantitative estimate of drug-likeness (QED) is 0.804. The van der Waals surface area contributed by atoms with Gasteiger partial charge in [0, 0.05) is 11.1 Å². The summed E-state index contributed by atoms with van der Waals surface area (Å²) in [6.45, 7) is 9.46. The van der Waals surface area contributed by atoms with Gasteiger partial charge in [0.1, 0.15) is 0 Å². The number of halogens is 1. The van der Waals surface area contributed by atoms with Crippen molar-refractivity contribution < 1.29 is 0 Å². The molecule has 0 fully saturated rings. The Morgan fingerprint density at radius 2 is 1.67 bits per heavy atom. The lowest BCUT2D eigenvalue weighted by molar-refractivity contribution is 0.549. The van der Waals surface area contributed by atoms with Crippen LogP contribution >= 0.6 is 11.6 Å². The van der Waals surface area contributed by atoms with E-state index < -0.39 is 0 Å². The molecule has 0 spiro atoms. The summed E-state index contributed by atoms with van der Waals surface area (Å²) in [5.41, 5.74) is 6.42. The van der Waals surface area contributed by atoms with E-state index in [1.807, 2.05) is 6.07 Å². The molecule has 0 aliphatic carbocycles. The summed E-state index contributed by atoms with van der Waals surface area (Å²) in [5.74, 6) is 0. The van der Waals surface area contributed by atoms with Gasteiger partial charge in [-0.25, -0.2) is 0 Å². The zero-order chi connectivity index (χ0) is 15.4. The van der Waals surface area contributed by atoms with Gasteiger partial charge in [0.15, 0.2) is 0 Å². The van der Waals surface area contributed by atoms with Crippen LogP contribution in [-0.4, -0.2) is 6.54 Å². The smallest absolute Gasteiger partial charge is 0.0456 e. The molecule has 2 rings (SSSR count). The Bertz CT molecular complexity index is 619. The summed E-state index contributed by atoms with van der Waals surface area (Å²) in [6, 6.07) is 13.2. The standard InChI is InChI=1S/C19H24ClN/c1-5-21-19(17-9-7-14(3)11-18(17)20)12-16-10-13(2)6-8-15(16)4/h6-11,19,21H,5,12H2,1-4H3. The highest BCUT2D eigenvalue weighted by Crippen LogP contribution is 2.28. The van der Waals surface area contributed by atoms with Gasteiger partial charge in [-0.3, -0.25) is 0 Å². The van der Waals surface area contributed by atoms with Gasteiger partial charge in [0.05, 0.1) is 0 Å². The number of benzene rings is 2. The fourth-order valence-corrected chi connectivity index (χ4v) is 3.06. The van der Waals surface area contributed by atoms with Crippen LogP contribution in [0.15, 0.2) is 36.4 Å². The molecule has 0 aliphatic heterocycles. The van der Waals surface area contributed by atoms with Crippen LogP contribution in [-0.2, 0) is 6.42 Å². The van der Waals surface area contributed by atoms with Crippen LogP contribution < -0.4 is 5.32 Å². The van der Waals surface area contributed by atoms with Gasteiger partial charge in [-0.15, -0.1) is 0 Å². The zero-order valence-corrected chi connectivity index (χ0v) is 14.1. The number of rotatable bonds is 5. The maximum absolute atomic E-state index is 6.46. The van der Waals surface area contributed by atoms with E-state index in [0.717, 1.165) is 18.0 Å². The molecule has 0 amide bonds. The summed E-state index contributed by atoms with van der Waals surface area (Å²) in [5, 5.41) is 4.42. The van der Waals surface area contributed by atoms with E-state index in [1.54, 1.807) is 0 Å². The van der Waals surface area contributed by atoms with Gasteiger partial charge in [-0.1, -0.05) is 54.4 Å². The summed E-state index contributed by atoms with van der Waals surface area (Å²) in [6.07, 6.45) is 0.962. The summed E-state index contributed by atoms with van der Waals surface area (Å²) < 4.78 is 0. The molecule has 2 aromatic carbocycles. The zero-order valence-electron chi connectivity index (χ0n) is 13.3. The predicted octanol–water partition coefficient (Wildman–Crippen LogP) is 5.16. The van der Waals surface area contributed by atoms with E-state index in [0.29, 0.717) is 0 Å². The van der Waals surface area contributed by atoms with Crippen molar-refractivity contribution in [2.75, 3.05) is 6.54 Å². The lowest BCUT2D eigenvalue weighted by Gasteiger charge is -2.21. The average Bonchev–Trinajstić information content (AvgIpc) is 2.42. The molecular formula is C19H24ClN. The first kappa shape index (κ1) is 16.1. The van der Waals surface area contributed by atoms with Crippen LogP contribution in [0.2, 0.25) is 5.02 Å². The number of likely N-dealkylation sites (N-methyl/N-ethyl adjacent to an activating group) is 1. The third kappa shape index (κ3) is 4.09. The van der Waals surface area contributed by atoms with Crippen LogP contribution in [0.1, 0.15) is 40.8 Å². The molecule has 112 valence electrons. The molecule has 2 aromatic rings. The third-order valence-electron chi connectivity index (χ3n) is 3.91. The van der Waals surface area contributed by atoms with E-state index in [2.05, 4.69) is 63.3 Å². The molecule has 0 radical (unpaired) electrons. The van der Waals surface area contributed by atoms with Crippen LogP contribution in [0.4, 0.5) is 0 Å². The van der Waals surface area contributed by atoms with Crippen LogP contribution in [0.3, 0.4) is 0 Å². The second kappa shape index (κ2) is 7.11. The monoisotopic (exact) mass is 301 g/mol. The first-order valence-electron chi connectivity index (χ1n) is 7.56. The molecule has 0 heterocycles. The Morgan fingerprint density at radius 1 is 1.00 bits per heavy atom. The van der Waals surface area contributed by atoms with Gasteiger partial charge < -0.3 is 5.32 Å². The fourth-order valence-electron chi connectivity index (χ4n) is 2.69. The lowest BCUT2D eigenvalue weighted by atomic mass is 9.94. The number of hydrogen-bond donors (Lipinski definition) is 1. The van der Waals surface area contributed by atoms with Crippen molar-refractivity contribution in [2.45, 2.75) is 40.2 Å². The largest absolute Gasteiger partial charge is 0.310 e. The Hall–Kier alpha value is -1.31. The van der Waals surface area contributed by atoms with Gasteiger partial charge in [-0.2, -0.15) is 0 Å². The summed E-state index contributed by atoms with van der Waals surface area (Å²) in [7, 11) is 0. The van der Waals surface area contributed by atoms with Crippen molar-refractivity contribution in [1.82, 2.24) is 5.32 Å². The van der Waals surface area contributed by atoms with E-state index >= 15 is 0 Å². The van der Waals surface area contributed by atoms with Crippen molar-refractivity contribution >= 4 is 11.6 Å². The molecule has 1 N–H and O–H groups in total. The van der Waals surface area contributed by atoms with Gasteiger partial charge in [-0.05, 0) is 62.1 Å². The van der Waals surface area contributed by atoms with Crippen molar-refractivity contribution in [3.63, 3.8) is 0 Å². The molecular weight excluding hydrogens is 278 g/mol. The molecule has 0 saturated carbocycles. The molecule has 1 unspecified atom stereocenters. The number of nitrogens with one attached hydrogen (secondary N) is 1. The van der Waals surface area contributed by atoms with Crippen molar-refractivity contribution in [2.24, 2.45) is 0 Å². The molecule has 1 nitrogen and oxygen atoms in total. The maximum atomic E-state index is 6.46. The summed E-state index contributed by atoms with van der Waals surface area (Å²) >= 11 is 6.46. The Balaban J connectivity index is 2.32. The first-order valence-corrected chi connectivity index (χ1v) is 7.94. The Kier molecular flexibility index (Phi) is 5.44. The molecule has 1 atom stereocenters. The van der Waals surface area contributed by atoms with E-state index in [9.17, 15) is 0 Å². The fraction of sp³-hybridized carbons (Fsp3) is 0.368. The Labute approximate surface area is 133 Å². The minimum absolute atomic E-state index is 0.253. The third-order valence-corrected chi connectivity index (χ3v) is 4.24. The van der Waals surface area contributed by atoms with Crippen LogP contribution in [0.25, 0.3) is 0 Å². The normalized spacial score (nSPS) is 12.4. The minimum Gasteiger partial charge on any atom is -0.310 e. The lowest BCUT2D eigenvalue weighted by Crippen LogP contribution is -2.23. The van der Waals surface area contributed by atoms with E-state index in [-0.39, 0.29) is 6.04 Å². The molecule has 21 heavy (non-hydrogen) atoms. The molecule has 0 aliphatic rings. The van der Waals surface area contributed by atoms with Crippen LogP contribution in [0.5, 0.6) is 0 Å². The highest BCUT2D eigenvalue weighted by molar-refractivity contribution is 6.31. The van der Waals surface area contributed by atoms with Gasteiger partial charge in [0.2, 0.25) is 0 Å². The van der Waals surface area contributed by atoms with E-state index in [4.69, 9.17) is 11.6 Å². The maximum Gasteiger partial charge on any atom is 0.0456 e. The molecule has 2 heteroatoms. The predicted molar refractivity (Wildman–Crippen MR) is 92.2 cm³/mol. The first-order chi connectivity index (χ1) is 10.0. The van der Waals surface area contributed by atoms with Crippen LogP contribution in [0, 0.1) is 20.8 Å². The topological polar surface area (TPSA) is 12.0 Å². The second-order valence-corrected chi connectivity index (χ2v) is 6.18. The highest BCUT2D eigenvalue weighted by atomic mass is 35.5. The number of hydrogen-bond acceptors (Lipinski definition) is 1. The van der Waals surface area contributed by atoms with Crippen molar-refractivity contribution in [1.29, 1.82) is 0 Å². The van der Waals surface area contributed by atoms with Gasteiger partial charge >= 0.3 is 0 Å². The summed E-state index contributed by atoms with van der Waals surface area (Å²) in [4.78, 5) is 0. The van der Waals surface area contributed by atoms with Crippen molar-refractivity contribution in [3.05, 3.63) is 69.2 Å². The number of aryl methyl sites for hydroxylation is 3.